The van der Waals surface area contributed by atoms with Crippen molar-refractivity contribution in [2.24, 2.45) is 13.0 Å². The Morgan fingerprint density at radius 1 is 1.24 bits per heavy atom. The smallest absolute Gasteiger partial charge is 0.0722 e. The van der Waals surface area contributed by atoms with Gasteiger partial charge in [0.25, 0.3) is 0 Å². The Labute approximate surface area is 130 Å². The Hall–Kier alpha value is -0.830. The standard InChI is InChI=1S/C18H33N3/c1-14(15-10-8-6-7-9-11-15)19-12-16-13-21(5)20-17(16)18(2,3)4/h13-15,19H,6-12H2,1-5H3/t14-/m0/s1. The molecule has 2 rings (SSSR count). The van der Waals surface area contributed by atoms with E-state index in [1.54, 1.807) is 0 Å². The van der Waals surface area contributed by atoms with Crippen LogP contribution >= 0.6 is 0 Å². The number of aromatic nitrogens is 2. The summed E-state index contributed by atoms with van der Waals surface area (Å²) < 4.78 is 1.95. The van der Waals surface area contributed by atoms with Gasteiger partial charge in [-0.1, -0.05) is 46.5 Å². The quantitative estimate of drug-likeness (QED) is 0.844. The summed E-state index contributed by atoms with van der Waals surface area (Å²) >= 11 is 0. The first-order valence-electron chi connectivity index (χ1n) is 8.64. The molecule has 0 unspecified atom stereocenters. The molecule has 3 heteroatoms. The molecule has 0 bridgehead atoms. The van der Waals surface area contributed by atoms with Crippen LogP contribution in [0.3, 0.4) is 0 Å². The van der Waals surface area contributed by atoms with Gasteiger partial charge in [-0.25, -0.2) is 0 Å². The van der Waals surface area contributed by atoms with Crippen molar-refractivity contribution in [1.82, 2.24) is 15.1 Å². The molecular weight excluding hydrogens is 258 g/mol. The van der Waals surface area contributed by atoms with Crippen molar-refractivity contribution in [3.63, 3.8) is 0 Å². The first-order chi connectivity index (χ1) is 9.88. The van der Waals surface area contributed by atoms with Crippen LogP contribution in [0.1, 0.15) is 77.5 Å². The summed E-state index contributed by atoms with van der Waals surface area (Å²) in [7, 11) is 2.02. The highest BCUT2D eigenvalue weighted by atomic mass is 15.3. The zero-order valence-corrected chi connectivity index (χ0v) is 14.6. The molecule has 1 heterocycles. The van der Waals surface area contributed by atoms with Gasteiger partial charge in [-0.05, 0) is 25.7 Å². The predicted molar refractivity (Wildman–Crippen MR) is 89.4 cm³/mol. The van der Waals surface area contributed by atoms with Crippen molar-refractivity contribution in [2.45, 2.75) is 84.2 Å². The minimum absolute atomic E-state index is 0.115. The first-order valence-corrected chi connectivity index (χ1v) is 8.64. The van der Waals surface area contributed by atoms with E-state index in [0.717, 1.165) is 12.5 Å². The second-order valence-electron chi connectivity index (χ2n) is 7.85. The molecule has 1 atom stereocenters. The zero-order valence-electron chi connectivity index (χ0n) is 14.6. The van der Waals surface area contributed by atoms with Gasteiger partial charge in [0.05, 0.1) is 5.69 Å². The third-order valence-corrected chi connectivity index (χ3v) is 4.84. The van der Waals surface area contributed by atoms with Crippen LogP contribution in [0.25, 0.3) is 0 Å². The van der Waals surface area contributed by atoms with E-state index in [1.807, 2.05) is 11.7 Å². The van der Waals surface area contributed by atoms with Crippen molar-refractivity contribution in [2.75, 3.05) is 0 Å². The molecule has 1 saturated carbocycles. The van der Waals surface area contributed by atoms with Gasteiger partial charge in [0.2, 0.25) is 0 Å². The largest absolute Gasteiger partial charge is 0.310 e. The number of nitrogens with zero attached hydrogens (tertiary/aromatic N) is 2. The average molecular weight is 291 g/mol. The van der Waals surface area contributed by atoms with Gasteiger partial charge in [0, 0.05) is 36.8 Å². The summed E-state index contributed by atoms with van der Waals surface area (Å²) in [6.45, 7) is 10.0. The molecule has 1 fully saturated rings. The molecule has 1 aliphatic rings. The summed E-state index contributed by atoms with van der Waals surface area (Å²) in [5.41, 5.74) is 2.69. The van der Waals surface area contributed by atoms with Crippen LogP contribution in [-0.2, 0) is 19.0 Å². The minimum Gasteiger partial charge on any atom is -0.310 e. The van der Waals surface area contributed by atoms with Crippen molar-refractivity contribution in [3.8, 4) is 0 Å². The molecule has 0 spiro atoms. The summed E-state index contributed by atoms with van der Waals surface area (Å²) in [6.07, 6.45) is 10.7. The summed E-state index contributed by atoms with van der Waals surface area (Å²) in [5.74, 6) is 0.849. The molecular formula is C18H33N3. The minimum atomic E-state index is 0.115. The average Bonchev–Trinajstić information content (AvgIpc) is 2.63. The molecule has 1 aliphatic carbocycles. The third kappa shape index (κ3) is 4.57. The molecule has 0 saturated heterocycles. The maximum absolute atomic E-state index is 4.66. The Bertz CT molecular complexity index is 434. The number of nitrogens with one attached hydrogen (secondary N) is 1. The predicted octanol–water partition coefficient (Wildman–Crippen LogP) is 4.17. The highest BCUT2D eigenvalue weighted by Crippen LogP contribution is 2.27. The number of rotatable bonds is 4. The fourth-order valence-corrected chi connectivity index (χ4v) is 3.55. The van der Waals surface area contributed by atoms with E-state index in [4.69, 9.17) is 0 Å². The van der Waals surface area contributed by atoms with E-state index in [2.05, 4.69) is 44.3 Å². The van der Waals surface area contributed by atoms with E-state index in [0.29, 0.717) is 6.04 Å². The van der Waals surface area contributed by atoms with Crippen LogP contribution < -0.4 is 5.32 Å². The fourth-order valence-electron chi connectivity index (χ4n) is 3.55. The first kappa shape index (κ1) is 16.5. The van der Waals surface area contributed by atoms with Crippen molar-refractivity contribution in [3.05, 3.63) is 17.5 Å². The number of aryl methyl sites for hydroxylation is 1. The number of hydrogen-bond donors (Lipinski definition) is 1. The molecule has 0 radical (unpaired) electrons. The highest BCUT2D eigenvalue weighted by Gasteiger charge is 2.23. The number of hydrogen-bond acceptors (Lipinski definition) is 2. The van der Waals surface area contributed by atoms with Gasteiger partial charge >= 0.3 is 0 Å². The lowest BCUT2D eigenvalue weighted by atomic mass is 9.89. The van der Waals surface area contributed by atoms with Crippen LogP contribution in [0, 0.1) is 5.92 Å². The van der Waals surface area contributed by atoms with E-state index >= 15 is 0 Å². The topological polar surface area (TPSA) is 29.9 Å². The van der Waals surface area contributed by atoms with Crippen molar-refractivity contribution < 1.29 is 0 Å². The lowest BCUT2D eigenvalue weighted by Crippen LogP contribution is -2.33. The molecule has 21 heavy (non-hydrogen) atoms. The summed E-state index contributed by atoms with van der Waals surface area (Å²) in [5, 5.41) is 8.43. The van der Waals surface area contributed by atoms with Crippen LogP contribution in [0.4, 0.5) is 0 Å². The highest BCUT2D eigenvalue weighted by molar-refractivity contribution is 5.23. The van der Waals surface area contributed by atoms with E-state index in [1.165, 1.54) is 49.8 Å². The molecule has 120 valence electrons. The normalized spacial score (nSPS) is 19.5. The van der Waals surface area contributed by atoms with Crippen LogP contribution in [-0.4, -0.2) is 15.8 Å². The lowest BCUT2D eigenvalue weighted by molar-refractivity contribution is 0.336. The van der Waals surface area contributed by atoms with Crippen LogP contribution in [0.15, 0.2) is 6.20 Å². The van der Waals surface area contributed by atoms with E-state index in [9.17, 15) is 0 Å². The molecule has 0 aliphatic heterocycles. The molecule has 1 aromatic heterocycles. The van der Waals surface area contributed by atoms with Crippen molar-refractivity contribution in [1.29, 1.82) is 0 Å². The van der Waals surface area contributed by atoms with Gasteiger partial charge in [-0.3, -0.25) is 4.68 Å². The van der Waals surface area contributed by atoms with Gasteiger partial charge in [0.1, 0.15) is 0 Å². The molecule has 1 aromatic rings. The Morgan fingerprint density at radius 2 is 1.86 bits per heavy atom. The molecule has 3 nitrogen and oxygen atoms in total. The second kappa shape index (κ2) is 6.95. The van der Waals surface area contributed by atoms with Gasteiger partial charge in [-0.2, -0.15) is 5.10 Å². The second-order valence-corrected chi connectivity index (χ2v) is 7.85. The van der Waals surface area contributed by atoms with Crippen molar-refractivity contribution >= 4 is 0 Å². The van der Waals surface area contributed by atoms with E-state index < -0.39 is 0 Å². The Kier molecular flexibility index (Phi) is 5.48. The summed E-state index contributed by atoms with van der Waals surface area (Å²) in [4.78, 5) is 0. The SMILES string of the molecule is C[C@H](NCc1cn(C)nc1C(C)(C)C)C1CCCCCC1. The van der Waals surface area contributed by atoms with Crippen LogP contribution in [0.5, 0.6) is 0 Å². The fraction of sp³-hybridized carbons (Fsp3) is 0.833. The summed E-state index contributed by atoms with van der Waals surface area (Å²) in [6, 6.07) is 0.608. The Balaban J connectivity index is 1.96. The third-order valence-electron chi connectivity index (χ3n) is 4.84. The van der Waals surface area contributed by atoms with Gasteiger partial charge in [0.15, 0.2) is 0 Å². The zero-order chi connectivity index (χ0) is 15.5. The molecule has 0 aromatic carbocycles. The van der Waals surface area contributed by atoms with Crippen LogP contribution in [0.2, 0.25) is 0 Å². The monoisotopic (exact) mass is 291 g/mol. The lowest BCUT2D eigenvalue weighted by Gasteiger charge is -2.24. The maximum atomic E-state index is 4.66. The maximum Gasteiger partial charge on any atom is 0.0722 e. The van der Waals surface area contributed by atoms with E-state index in [-0.39, 0.29) is 5.41 Å². The van der Waals surface area contributed by atoms with Gasteiger partial charge in [-0.15, -0.1) is 0 Å². The molecule has 1 N–H and O–H groups in total. The Morgan fingerprint density at radius 3 is 2.43 bits per heavy atom. The molecule has 0 amide bonds. The van der Waals surface area contributed by atoms with Gasteiger partial charge < -0.3 is 5.32 Å².